The molecule has 1 aliphatic heterocycles. The van der Waals surface area contributed by atoms with Crippen molar-refractivity contribution in [3.05, 3.63) is 52.6 Å². The normalized spacial score (nSPS) is 13.2. The summed E-state index contributed by atoms with van der Waals surface area (Å²) >= 11 is 0. The van der Waals surface area contributed by atoms with Gasteiger partial charge in [0, 0.05) is 18.5 Å². The molecular formula is C16H15F2NO. The predicted octanol–water partition coefficient (Wildman–Crippen LogP) is 3.33. The van der Waals surface area contributed by atoms with Crippen LogP contribution in [0.3, 0.4) is 0 Å². The Balaban J connectivity index is 2.24. The molecule has 0 aromatic heterocycles. The molecule has 2 N–H and O–H groups in total. The molecule has 0 unspecified atom stereocenters. The van der Waals surface area contributed by atoms with Gasteiger partial charge in [-0.05, 0) is 41.8 Å². The molecule has 104 valence electrons. The van der Waals surface area contributed by atoms with E-state index in [1.165, 1.54) is 12.1 Å². The van der Waals surface area contributed by atoms with Crippen molar-refractivity contribution in [2.24, 2.45) is 5.73 Å². The smallest absolute Gasteiger partial charge is 0.136 e. The van der Waals surface area contributed by atoms with Crippen LogP contribution >= 0.6 is 0 Å². The van der Waals surface area contributed by atoms with E-state index in [-0.39, 0.29) is 12.1 Å². The average molecular weight is 275 g/mol. The summed E-state index contributed by atoms with van der Waals surface area (Å²) in [6.45, 7) is 2.49. The lowest BCUT2D eigenvalue weighted by molar-refractivity contribution is 0.353. The van der Waals surface area contributed by atoms with Crippen molar-refractivity contribution in [3.63, 3.8) is 0 Å². The minimum absolute atomic E-state index is 0.00870. The van der Waals surface area contributed by atoms with Gasteiger partial charge in [-0.15, -0.1) is 0 Å². The second kappa shape index (κ2) is 4.87. The minimum atomic E-state index is -0.560. The molecule has 0 saturated carbocycles. The van der Waals surface area contributed by atoms with Gasteiger partial charge < -0.3 is 10.5 Å². The van der Waals surface area contributed by atoms with E-state index in [1.54, 1.807) is 19.1 Å². The van der Waals surface area contributed by atoms with E-state index in [9.17, 15) is 8.78 Å². The predicted molar refractivity (Wildman–Crippen MR) is 73.6 cm³/mol. The van der Waals surface area contributed by atoms with Crippen molar-refractivity contribution in [1.29, 1.82) is 0 Å². The van der Waals surface area contributed by atoms with Crippen molar-refractivity contribution < 1.29 is 13.5 Å². The van der Waals surface area contributed by atoms with Gasteiger partial charge in [-0.1, -0.05) is 6.07 Å². The topological polar surface area (TPSA) is 35.2 Å². The van der Waals surface area contributed by atoms with Gasteiger partial charge in [0.1, 0.15) is 17.4 Å². The van der Waals surface area contributed by atoms with Crippen LogP contribution < -0.4 is 10.5 Å². The molecule has 2 nitrogen and oxygen atoms in total. The largest absolute Gasteiger partial charge is 0.493 e. The van der Waals surface area contributed by atoms with Gasteiger partial charge in [0.25, 0.3) is 0 Å². The zero-order valence-corrected chi connectivity index (χ0v) is 11.2. The minimum Gasteiger partial charge on any atom is -0.493 e. The van der Waals surface area contributed by atoms with Crippen molar-refractivity contribution in [2.75, 3.05) is 6.61 Å². The van der Waals surface area contributed by atoms with Crippen LogP contribution in [-0.4, -0.2) is 6.61 Å². The second-order valence-corrected chi connectivity index (χ2v) is 4.98. The zero-order valence-electron chi connectivity index (χ0n) is 11.2. The Hall–Kier alpha value is -1.94. The van der Waals surface area contributed by atoms with Crippen molar-refractivity contribution in [3.8, 4) is 16.9 Å². The van der Waals surface area contributed by atoms with Crippen molar-refractivity contribution in [2.45, 2.75) is 19.9 Å². The summed E-state index contributed by atoms with van der Waals surface area (Å²) in [5.74, 6) is -0.313. The number of ether oxygens (including phenoxy) is 1. The van der Waals surface area contributed by atoms with Gasteiger partial charge in [0.2, 0.25) is 0 Å². The Morgan fingerprint density at radius 2 is 2.05 bits per heavy atom. The summed E-state index contributed by atoms with van der Waals surface area (Å²) < 4.78 is 33.8. The van der Waals surface area contributed by atoms with E-state index >= 15 is 0 Å². The lowest BCUT2D eigenvalue weighted by atomic mass is 9.96. The first-order valence-corrected chi connectivity index (χ1v) is 6.55. The third kappa shape index (κ3) is 1.96. The van der Waals surface area contributed by atoms with Crippen LogP contribution in [0, 0.1) is 18.6 Å². The van der Waals surface area contributed by atoms with Crippen LogP contribution in [-0.2, 0) is 13.0 Å². The molecule has 4 heteroatoms. The third-order valence-corrected chi connectivity index (χ3v) is 3.65. The van der Waals surface area contributed by atoms with E-state index in [1.807, 2.05) is 0 Å². The van der Waals surface area contributed by atoms with Crippen LogP contribution in [0.25, 0.3) is 11.1 Å². The monoisotopic (exact) mass is 275 g/mol. The third-order valence-electron chi connectivity index (χ3n) is 3.65. The van der Waals surface area contributed by atoms with E-state index in [4.69, 9.17) is 10.5 Å². The van der Waals surface area contributed by atoms with Crippen LogP contribution in [0.15, 0.2) is 24.3 Å². The van der Waals surface area contributed by atoms with Gasteiger partial charge in [0.15, 0.2) is 0 Å². The van der Waals surface area contributed by atoms with Gasteiger partial charge in [-0.3, -0.25) is 0 Å². The van der Waals surface area contributed by atoms with Crippen LogP contribution in [0.4, 0.5) is 8.78 Å². The summed E-state index contributed by atoms with van der Waals surface area (Å²) in [7, 11) is 0. The summed E-state index contributed by atoms with van der Waals surface area (Å²) in [6, 6.07) is 6.24. The molecule has 0 saturated heterocycles. The van der Waals surface area contributed by atoms with Crippen LogP contribution in [0.5, 0.6) is 5.75 Å². The fourth-order valence-corrected chi connectivity index (χ4v) is 2.61. The maximum Gasteiger partial charge on any atom is 0.136 e. The highest BCUT2D eigenvalue weighted by molar-refractivity contribution is 5.70. The molecule has 2 aromatic rings. The molecule has 3 rings (SSSR count). The molecular weight excluding hydrogens is 260 g/mol. The number of rotatable bonds is 2. The van der Waals surface area contributed by atoms with Crippen LogP contribution in [0.2, 0.25) is 0 Å². The molecule has 2 aromatic carbocycles. The number of benzene rings is 2. The first-order valence-electron chi connectivity index (χ1n) is 6.55. The summed E-state index contributed by atoms with van der Waals surface area (Å²) in [6.07, 6.45) is 0.741. The first kappa shape index (κ1) is 13.1. The van der Waals surface area contributed by atoms with E-state index in [2.05, 4.69) is 0 Å². The molecule has 0 fully saturated rings. The summed E-state index contributed by atoms with van der Waals surface area (Å²) in [4.78, 5) is 0. The lowest BCUT2D eigenvalue weighted by Crippen LogP contribution is -2.01. The molecule has 0 amide bonds. The highest BCUT2D eigenvalue weighted by Crippen LogP contribution is 2.36. The number of fused-ring (bicyclic) bond motifs is 1. The number of nitrogens with two attached hydrogens (primary N) is 1. The average Bonchev–Trinajstić information content (AvgIpc) is 2.91. The number of hydrogen-bond acceptors (Lipinski definition) is 2. The summed E-state index contributed by atoms with van der Waals surface area (Å²) in [5, 5.41) is 0. The fraction of sp³-hybridized carbons (Fsp3) is 0.250. The number of aryl methyl sites for hydroxylation is 1. The first-order chi connectivity index (χ1) is 9.61. The molecule has 0 spiro atoms. The molecule has 0 radical (unpaired) electrons. The number of halogens is 2. The zero-order chi connectivity index (χ0) is 14.3. The fourth-order valence-electron chi connectivity index (χ4n) is 2.61. The van der Waals surface area contributed by atoms with Crippen molar-refractivity contribution >= 4 is 0 Å². The Labute approximate surface area is 116 Å². The molecule has 1 heterocycles. The maximum absolute atomic E-state index is 14.2. The Kier molecular flexibility index (Phi) is 3.18. The maximum atomic E-state index is 14.2. The Morgan fingerprint density at radius 3 is 2.80 bits per heavy atom. The van der Waals surface area contributed by atoms with E-state index in [0.717, 1.165) is 23.3 Å². The Morgan fingerprint density at radius 1 is 1.25 bits per heavy atom. The quantitative estimate of drug-likeness (QED) is 0.912. The molecule has 0 atom stereocenters. The molecule has 20 heavy (non-hydrogen) atoms. The van der Waals surface area contributed by atoms with Gasteiger partial charge in [-0.25, -0.2) is 8.78 Å². The molecule has 1 aliphatic rings. The summed E-state index contributed by atoms with van der Waals surface area (Å²) in [5.41, 5.74) is 8.41. The highest BCUT2D eigenvalue weighted by atomic mass is 19.1. The SMILES string of the molecule is Cc1ccc(F)c(-c2cc(CN)c3c(c2)CCO3)c1F. The lowest BCUT2D eigenvalue weighted by Gasteiger charge is -2.12. The highest BCUT2D eigenvalue weighted by Gasteiger charge is 2.21. The standard InChI is InChI=1S/C16H15F2NO/c1-9-2-3-13(17)14(15(9)18)11-6-10-4-5-20-16(10)12(7-11)8-19/h2-3,6-7H,4-5,8,19H2,1H3. The Bertz CT molecular complexity index is 683. The molecule has 0 bridgehead atoms. The number of hydrogen-bond donors (Lipinski definition) is 1. The van der Waals surface area contributed by atoms with E-state index < -0.39 is 11.6 Å². The van der Waals surface area contributed by atoms with Gasteiger partial charge >= 0.3 is 0 Å². The van der Waals surface area contributed by atoms with Gasteiger partial charge in [0.05, 0.1) is 12.2 Å². The van der Waals surface area contributed by atoms with E-state index in [0.29, 0.717) is 17.7 Å². The second-order valence-electron chi connectivity index (χ2n) is 4.98. The van der Waals surface area contributed by atoms with Gasteiger partial charge in [-0.2, -0.15) is 0 Å². The van der Waals surface area contributed by atoms with Crippen molar-refractivity contribution in [1.82, 2.24) is 0 Å². The van der Waals surface area contributed by atoms with Crippen LogP contribution in [0.1, 0.15) is 16.7 Å². The molecule has 0 aliphatic carbocycles.